The number of aliphatic imine (C=N–C) groups is 1. The van der Waals surface area contributed by atoms with Crippen LogP contribution in [0.4, 0.5) is 0 Å². The SMILES string of the molecule is CCOC(=O)C(=C=[N-])CN=C=S. The average Bonchev–Trinajstić information content (AvgIpc) is 2.06. The van der Waals surface area contributed by atoms with Gasteiger partial charge in [0.05, 0.1) is 23.9 Å². The van der Waals surface area contributed by atoms with Gasteiger partial charge in [-0.05, 0) is 19.1 Å². The van der Waals surface area contributed by atoms with Crippen molar-refractivity contribution in [3.63, 3.8) is 0 Å². The van der Waals surface area contributed by atoms with Gasteiger partial charge in [-0.25, -0.2) is 9.79 Å². The van der Waals surface area contributed by atoms with E-state index in [1.54, 1.807) is 12.8 Å². The molecule has 0 N–H and O–H groups in total. The third-order valence-corrected chi connectivity index (χ3v) is 1.09. The van der Waals surface area contributed by atoms with Gasteiger partial charge in [0.1, 0.15) is 0 Å². The highest BCUT2D eigenvalue weighted by atomic mass is 32.1. The maximum absolute atomic E-state index is 10.9. The number of esters is 1. The lowest BCUT2D eigenvalue weighted by atomic mass is 10.3. The number of rotatable bonds is 4. The minimum absolute atomic E-state index is 0.0567. The Morgan fingerprint density at radius 1 is 1.75 bits per heavy atom. The zero-order chi connectivity index (χ0) is 9.40. The summed E-state index contributed by atoms with van der Waals surface area (Å²) in [6.45, 7) is 1.85. The van der Waals surface area contributed by atoms with Crippen LogP contribution in [0.3, 0.4) is 0 Å². The minimum Gasteiger partial charge on any atom is -0.763 e. The van der Waals surface area contributed by atoms with E-state index in [2.05, 4.69) is 27.1 Å². The highest BCUT2D eigenvalue weighted by Gasteiger charge is 2.06. The lowest BCUT2D eigenvalue weighted by molar-refractivity contribution is -0.138. The fourth-order valence-corrected chi connectivity index (χ4v) is 0.540. The van der Waals surface area contributed by atoms with Gasteiger partial charge in [0.25, 0.3) is 0 Å². The van der Waals surface area contributed by atoms with Crippen LogP contribution >= 0.6 is 12.2 Å². The molecular weight excluding hydrogens is 176 g/mol. The van der Waals surface area contributed by atoms with Crippen molar-refractivity contribution in [2.24, 2.45) is 4.99 Å². The van der Waals surface area contributed by atoms with E-state index in [1.165, 1.54) is 0 Å². The van der Waals surface area contributed by atoms with Crippen LogP contribution in [-0.4, -0.2) is 30.2 Å². The summed E-state index contributed by atoms with van der Waals surface area (Å²) < 4.78 is 4.57. The van der Waals surface area contributed by atoms with E-state index < -0.39 is 5.97 Å². The minimum atomic E-state index is -0.644. The topological polar surface area (TPSA) is 61.0 Å². The van der Waals surface area contributed by atoms with Crippen LogP contribution in [0.2, 0.25) is 0 Å². The van der Waals surface area contributed by atoms with Gasteiger partial charge >= 0.3 is 5.97 Å². The lowest BCUT2D eigenvalue weighted by Crippen LogP contribution is -2.10. The first-order chi connectivity index (χ1) is 5.76. The number of carbonyl (C=O) groups is 1. The van der Waals surface area contributed by atoms with Gasteiger partial charge in [-0.15, -0.1) is 0 Å². The predicted molar refractivity (Wildman–Crippen MR) is 48.4 cm³/mol. The van der Waals surface area contributed by atoms with Gasteiger partial charge in [0.15, 0.2) is 0 Å². The standard InChI is InChI=1S/C7H7N2O2S/c1-2-11-7(10)6(3-8)4-9-5-12/h2,4H2,1H3/q-1. The van der Waals surface area contributed by atoms with Gasteiger partial charge < -0.3 is 10.1 Å². The molecule has 4 nitrogen and oxygen atoms in total. The third kappa shape index (κ3) is 3.78. The van der Waals surface area contributed by atoms with Crippen LogP contribution in [0.15, 0.2) is 10.6 Å². The molecule has 12 heavy (non-hydrogen) atoms. The molecule has 0 amide bonds. The van der Waals surface area contributed by atoms with E-state index >= 15 is 0 Å². The number of carbonyl (C=O) groups excluding carboxylic acids is 1. The normalized spacial score (nSPS) is 7.75. The van der Waals surface area contributed by atoms with Crippen molar-refractivity contribution in [3.05, 3.63) is 11.0 Å². The second kappa shape index (κ2) is 6.43. The predicted octanol–water partition coefficient (Wildman–Crippen LogP) is 0.818. The van der Waals surface area contributed by atoms with Crippen molar-refractivity contribution < 1.29 is 9.53 Å². The average molecular weight is 183 g/mol. The second-order valence-corrected chi connectivity index (χ2v) is 1.90. The van der Waals surface area contributed by atoms with Crippen LogP contribution < -0.4 is 0 Å². The van der Waals surface area contributed by atoms with Crippen LogP contribution in [0.25, 0.3) is 5.41 Å². The van der Waals surface area contributed by atoms with Gasteiger partial charge in [0, 0.05) is 0 Å². The van der Waals surface area contributed by atoms with Gasteiger partial charge in [-0.2, -0.15) is 0 Å². The molecule has 0 fully saturated rings. The molecular formula is C7H7N2O2S-. The summed E-state index contributed by atoms with van der Waals surface area (Å²) >= 11 is 4.28. The highest BCUT2D eigenvalue weighted by Crippen LogP contribution is 1.93. The van der Waals surface area contributed by atoms with E-state index in [9.17, 15) is 4.79 Å². The summed E-state index contributed by atoms with van der Waals surface area (Å²) in [5, 5.41) is 10.5. The highest BCUT2D eigenvalue weighted by molar-refractivity contribution is 7.78. The zero-order valence-electron chi connectivity index (χ0n) is 6.53. The molecule has 0 aromatic carbocycles. The maximum Gasteiger partial charge on any atom is 0.341 e. The third-order valence-electron chi connectivity index (χ3n) is 0.959. The van der Waals surface area contributed by atoms with Crippen molar-refractivity contribution in [1.82, 2.24) is 0 Å². The van der Waals surface area contributed by atoms with E-state index in [1.807, 2.05) is 0 Å². The Bertz CT molecular complexity index is 263. The molecule has 0 rings (SSSR count). The van der Waals surface area contributed by atoms with Crippen LogP contribution in [0, 0.1) is 0 Å². The summed E-state index contributed by atoms with van der Waals surface area (Å²) in [4.78, 5) is 14.3. The molecule has 5 heteroatoms. The molecule has 0 unspecified atom stereocenters. The van der Waals surface area contributed by atoms with E-state index in [4.69, 9.17) is 5.41 Å². The van der Waals surface area contributed by atoms with E-state index in [0.29, 0.717) is 0 Å². The fourth-order valence-electron chi connectivity index (χ4n) is 0.475. The first-order valence-corrected chi connectivity index (χ1v) is 3.63. The Balaban J connectivity index is 4.26. The van der Waals surface area contributed by atoms with Crippen LogP contribution in [0.1, 0.15) is 6.92 Å². The Kier molecular flexibility index (Phi) is 5.75. The summed E-state index contributed by atoms with van der Waals surface area (Å²) in [6, 6.07) is 0. The first-order valence-electron chi connectivity index (χ1n) is 3.23. The molecule has 0 bridgehead atoms. The molecule has 64 valence electrons. The first kappa shape index (κ1) is 10.7. The number of hydrogen-bond acceptors (Lipinski definition) is 4. The summed E-state index contributed by atoms with van der Waals surface area (Å²) in [6.07, 6.45) is 0. The van der Waals surface area contributed by atoms with Gasteiger partial charge in [-0.1, -0.05) is 0 Å². The number of nitrogens with zero attached hydrogens (tertiary/aromatic N) is 2. The Morgan fingerprint density at radius 3 is 2.83 bits per heavy atom. The molecule has 0 aromatic heterocycles. The summed E-state index contributed by atoms with van der Waals surface area (Å²) in [5.41, 5.74) is -0.0609. The fraction of sp³-hybridized carbons (Fsp3) is 0.429. The van der Waals surface area contributed by atoms with Gasteiger partial charge in [-0.3, -0.25) is 5.87 Å². The molecule has 0 saturated carbocycles. The molecule has 0 saturated heterocycles. The van der Waals surface area contributed by atoms with E-state index in [0.717, 1.165) is 0 Å². The number of ether oxygens (including phenoxy) is 1. The van der Waals surface area contributed by atoms with Crippen molar-refractivity contribution in [2.75, 3.05) is 13.2 Å². The maximum atomic E-state index is 10.9. The molecule has 0 aromatic rings. The Hall–Kier alpha value is -1.28. The summed E-state index contributed by atoms with van der Waals surface area (Å²) in [7, 11) is 0. The molecule has 0 aliphatic heterocycles. The number of hydrogen-bond donors (Lipinski definition) is 0. The zero-order valence-corrected chi connectivity index (χ0v) is 7.35. The molecule has 0 aliphatic carbocycles. The van der Waals surface area contributed by atoms with Crippen LogP contribution in [0.5, 0.6) is 0 Å². The van der Waals surface area contributed by atoms with Gasteiger partial charge in [0.2, 0.25) is 0 Å². The molecule has 0 spiro atoms. The Labute approximate surface area is 75.5 Å². The van der Waals surface area contributed by atoms with Crippen molar-refractivity contribution in [2.45, 2.75) is 6.92 Å². The number of thiocarbonyl (C=S) groups is 1. The quantitative estimate of drug-likeness (QED) is 0.280. The second-order valence-electron chi connectivity index (χ2n) is 1.72. The molecule has 0 radical (unpaired) electrons. The van der Waals surface area contributed by atoms with Crippen LogP contribution in [-0.2, 0) is 9.53 Å². The molecule has 0 aliphatic rings. The number of isothiocyanates is 1. The summed E-state index contributed by atoms with van der Waals surface area (Å²) in [5.74, 6) is 1.04. The van der Waals surface area contributed by atoms with Crippen molar-refractivity contribution in [3.8, 4) is 0 Å². The Morgan fingerprint density at radius 2 is 2.42 bits per heavy atom. The molecule has 0 heterocycles. The van der Waals surface area contributed by atoms with Crippen molar-refractivity contribution >= 4 is 29.2 Å². The monoisotopic (exact) mass is 183 g/mol. The molecule has 0 atom stereocenters. The van der Waals surface area contributed by atoms with Crippen molar-refractivity contribution in [1.29, 1.82) is 0 Å². The lowest BCUT2D eigenvalue weighted by Gasteiger charge is -2.01. The van der Waals surface area contributed by atoms with E-state index in [-0.39, 0.29) is 18.7 Å². The smallest absolute Gasteiger partial charge is 0.341 e. The largest absolute Gasteiger partial charge is 0.763 e.